The largest absolute Gasteiger partial charge is 0.316 e. The summed E-state index contributed by atoms with van der Waals surface area (Å²) in [5.74, 6) is 0. The zero-order valence-electron chi connectivity index (χ0n) is 6.69. The molecule has 2 fully saturated rings. The van der Waals surface area contributed by atoms with Gasteiger partial charge in [-0.2, -0.15) is 0 Å². The van der Waals surface area contributed by atoms with Crippen LogP contribution >= 0.6 is 0 Å². The van der Waals surface area contributed by atoms with Crippen LogP contribution in [-0.2, 0) is 0 Å². The molecule has 0 radical (unpaired) electrons. The molecule has 1 unspecified atom stereocenters. The molecule has 0 aromatic rings. The van der Waals surface area contributed by atoms with E-state index in [2.05, 4.69) is 17.3 Å². The van der Waals surface area contributed by atoms with E-state index in [1.807, 2.05) is 0 Å². The first-order valence-corrected chi connectivity index (χ1v) is 4.20. The highest BCUT2D eigenvalue weighted by molar-refractivity contribution is 4.94. The van der Waals surface area contributed by atoms with Crippen LogP contribution in [0.2, 0.25) is 0 Å². The second-order valence-electron chi connectivity index (χ2n) is 3.91. The van der Waals surface area contributed by atoms with E-state index in [4.69, 9.17) is 0 Å². The summed E-state index contributed by atoms with van der Waals surface area (Å²) in [6.45, 7) is 5.13. The van der Waals surface area contributed by atoms with Crippen molar-refractivity contribution in [3.63, 3.8) is 0 Å². The molecule has 0 saturated carbocycles. The van der Waals surface area contributed by atoms with E-state index in [1.165, 1.54) is 39.0 Å². The fraction of sp³-hybridized carbons (Fsp3) is 1.00. The molecule has 2 aliphatic rings. The molecule has 60 valence electrons. The van der Waals surface area contributed by atoms with Crippen LogP contribution < -0.4 is 5.32 Å². The van der Waals surface area contributed by atoms with E-state index in [1.54, 1.807) is 0 Å². The summed E-state index contributed by atoms with van der Waals surface area (Å²) in [7, 11) is 2.23. The highest BCUT2D eigenvalue weighted by Crippen LogP contribution is 2.34. The van der Waals surface area contributed by atoms with Crippen molar-refractivity contribution in [3.05, 3.63) is 0 Å². The standard InChI is InChI=1S/C8H16N2.H2/c1-10-5-3-8(7-10)2-4-9-6-8;/h9H,2-7H2,1H3;1H. The van der Waals surface area contributed by atoms with Crippen LogP contribution in [0.4, 0.5) is 0 Å². The highest BCUT2D eigenvalue weighted by atomic mass is 15.1. The number of hydrogen-bond acceptors (Lipinski definition) is 2. The average Bonchev–Trinajstić information content (AvgIpc) is 2.46. The Balaban J connectivity index is 0.000000605. The van der Waals surface area contributed by atoms with Crippen molar-refractivity contribution in [2.45, 2.75) is 12.8 Å². The molecule has 1 spiro atoms. The summed E-state index contributed by atoms with van der Waals surface area (Å²) in [6, 6.07) is 0. The Kier molecular flexibility index (Phi) is 1.46. The van der Waals surface area contributed by atoms with Gasteiger partial charge in [0.25, 0.3) is 0 Å². The Morgan fingerprint density at radius 3 is 2.90 bits per heavy atom. The van der Waals surface area contributed by atoms with Crippen molar-refractivity contribution in [2.75, 3.05) is 33.2 Å². The fourth-order valence-corrected chi connectivity index (χ4v) is 2.30. The lowest BCUT2D eigenvalue weighted by atomic mass is 9.87. The summed E-state index contributed by atoms with van der Waals surface area (Å²) in [5.41, 5.74) is 0.675. The summed E-state index contributed by atoms with van der Waals surface area (Å²) >= 11 is 0. The van der Waals surface area contributed by atoms with Crippen molar-refractivity contribution in [1.29, 1.82) is 0 Å². The Hall–Kier alpha value is -0.0800. The summed E-state index contributed by atoms with van der Waals surface area (Å²) in [6.07, 6.45) is 2.81. The lowest BCUT2D eigenvalue weighted by molar-refractivity contribution is 0.309. The van der Waals surface area contributed by atoms with Crippen LogP contribution in [-0.4, -0.2) is 38.1 Å². The summed E-state index contributed by atoms with van der Waals surface area (Å²) < 4.78 is 0. The lowest BCUT2D eigenvalue weighted by Gasteiger charge is -2.20. The van der Waals surface area contributed by atoms with Gasteiger partial charge in [-0.05, 0) is 38.4 Å². The summed E-state index contributed by atoms with van der Waals surface area (Å²) in [4.78, 5) is 2.45. The van der Waals surface area contributed by atoms with Crippen molar-refractivity contribution < 1.29 is 1.43 Å². The fourth-order valence-electron chi connectivity index (χ4n) is 2.30. The van der Waals surface area contributed by atoms with E-state index in [-0.39, 0.29) is 1.43 Å². The first-order valence-electron chi connectivity index (χ1n) is 4.20. The van der Waals surface area contributed by atoms with Crippen molar-refractivity contribution in [1.82, 2.24) is 10.2 Å². The second-order valence-corrected chi connectivity index (χ2v) is 3.91. The molecule has 0 aliphatic carbocycles. The normalized spacial score (nSPS) is 41.7. The molecule has 2 saturated heterocycles. The van der Waals surface area contributed by atoms with Gasteiger partial charge < -0.3 is 10.2 Å². The van der Waals surface area contributed by atoms with E-state index < -0.39 is 0 Å². The van der Waals surface area contributed by atoms with Gasteiger partial charge in [-0.25, -0.2) is 0 Å². The van der Waals surface area contributed by atoms with E-state index in [9.17, 15) is 0 Å². The Labute approximate surface area is 64.1 Å². The van der Waals surface area contributed by atoms with E-state index >= 15 is 0 Å². The maximum Gasteiger partial charge on any atom is 0.00481 e. The molecular weight excluding hydrogens is 124 g/mol. The van der Waals surface area contributed by atoms with Crippen LogP contribution in [0, 0.1) is 5.41 Å². The predicted molar refractivity (Wildman–Crippen MR) is 44.1 cm³/mol. The Bertz CT molecular complexity index is 132. The van der Waals surface area contributed by atoms with Gasteiger partial charge in [0, 0.05) is 14.5 Å². The molecule has 2 heteroatoms. The topological polar surface area (TPSA) is 15.3 Å². The Morgan fingerprint density at radius 1 is 1.50 bits per heavy atom. The number of nitrogens with one attached hydrogen (secondary N) is 1. The molecule has 10 heavy (non-hydrogen) atoms. The second kappa shape index (κ2) is 2.21. The molecule has 0 amide bonds. The third-order valence-electron chi connectivity index (χ3n) is 2.96. The van der Waals surface area contributed by atoms with Crippen LogP contribution in [0.3, 0.4) is 0 Å². The number of nitrogens with zero attached hydrogens (tertiary/aromatic N) is 1. The minimum absolute atomic E-state index is 0. The molecule has 2 heterocycles. The smallest absolute Gasteiger partial charge is 0.00481 e. The van der Waals surface area contributed by atoms with Gasteiger partial charge in [-0.3, -0.25) is 0 Å². The van der Waals surface area contributed by atoms with Gasteiger partial charge in [0.1, 0.15) is 0 Å². The number of rotatable bonds is 0. The van der Waals surface area contributed by atoms with Gasteiger partial charge >= 0.3 is 0 Å². The molecule has 2 aliphatic heterocycles. The SMILES string of the molecule is CN1CCC2(CCNC2)C1.[HH]. The van der Waals surface area contributed by atoms with Gasteiger partial charge in [0.05, 0.1) is 0 Å². The Morgan fingerprint density at radius 2 is 2.40 bits per heavy atom. The third kappa shape index (κ3) is 0.956. The maximum absolute atomic E-state index is 3.45. The first kappa shape index (κ1) is 6.62. The van der Waals surface area contributed by atoms with Gasteiger partial charge in [0.15, 0.2) is 0 Å². The molecule has 0 aromatic carbocycles. The zero-order chi connectivity index (χ0) is 7.03. The minimum atomic E-state index is 0. The average molecular weight is 142 g/mol. The molecule has 1 atom stereocenters. The lowest BCUT2D eigenvalue weighted by Crippen LogP contribution is -2.27. The van der Waals surface area contributed by atoms with E-state index in [0.717, 1.165) is 0 Å². The van der Waals surface area contributed by atoms with Crippen LogP contribution in [0.5, 0.6) is 0 Å². The molecule has 1 N–H and O–H groups in total. The molecular formula is C8H18N2. The van der Waals surface area contributed by atoms with Crippen molar-refractivity contribution in [2.24, 2.45) is 5.41 Å². The summed E-state index contributed by atoms with van der Waals surface area (Å²) in [5, 5.41) is 3.45. The van der Waals surface area contributed by atoms with Crippen molar-refractivity contribution >= 4 is 0 Å². The van der Waals surface area contributed by atoms with E-state index in [0.29, 0.717) is 5.41 Å². The molecule has 0 bridgehead atoms. The predicted octanol–water partition coefficient (Wildman–Crippen LogP) is 0.548. The van der Waals surface area contributed by atoms with Gasteiger partial charge in [-0.1, -0.05) is 0 Å². The van der Waals surface area contributed by atoms with Crippen LogP contribution in [0.1, 0.15) is 14.3 Å². The van der Waals surface area contributed by atoms with Crippen LogP contribution in [0.15, 0.2) is 0 Å². The zero-order valence-corrected chi connectivity index (χ0v) is 6.69. The molecule has 2 nitrogen and oxygen atoms in total. The number of likely N-dealkylation sites (tertiary alicyclic amines) is 1. The monoisotopic (exact) mass is 142 g/mol. The molecule has 0 aromatic heterocycles. The van der Waals surface area contributed by atoms with Crippen LogP contribution in [0.25, 0.3) is 0 Å². The highest BCUT2D eigenvalue weighted by Gasteiger charge is 2.38. The maximum atomic E-state index is 3.45. The quantitative estimate of drug-likeness (QED) is 0.531. The van der Waals surface area contributed by atoms with Gasteiger partial charge in [0.2, 0.25) is 0 Å². The minimum Gasteiger partial charge on any atom is -0.316 e. The first-order chi connectivity index (χ1) is 4.81. The number of hydrogen-bond donors (Lipinski definition) is 1. The van der Waals surface area contributed by atoms with Crippen molar-refractivity contribution in [3.8, 4) is 0 Å². The van der Waals surface area contributed by atoms with Gasteiger partial charge in [-0.15, -0.1) is 0 Å². The third-order valence-corrected chi connectivity index (χ3v) is 2.96. The molecule has 2 rings (SSSR count).